The third kappa shape index (κ3) is 1.58. The third-order valence-corrected chi connectivity index (χ3v) is 3.01. The van der Waals surface area contributed by atoms with Gasteiger partial charge >= 0.3 is 0 Å². The second kappa shape index (κ2) is 3.55. The maximum Gasteiger partial charge on any atom is 0.168 e. The minimum Gasteiger partial charge on any atom is -0.339 e. The van der Waals surface area contributed by atoms with Crippen molar-refractivity contribution in [2.75, 3.05) is 0 Å². The summed E-state index contributed by atoms with van der Waals surface area (Å²) in [4.78, 5) is 18.7. The first kappa shape index (κ1) is 9.43. The van der Waals surface area contributed by atoms with Crippen LogP contribution < -0.4 is 0 Å². The number of carbonyl (C=O) groups is 1. The highest BCUT2D eigenvalue weighted by atomic mass is 35.5. The predicted octanol–water partition coefficient (Wildman–Crippen LogP) is 2.91. The SMILES string of the molecule is Cc1nc(-c2ccc(Cl)s2)c(C=O)[nH]1. The molecule has 5 heteroatoms. The average Bonchev–Trinajstić information content (AvgIpc) is 2.71. The summed E-state index contributed by atoms with van der Waals surface area (Å²) in [6.45, 7) is 1.81. The number of carbonyl (C=O) groups excluding carboxylic acids is 1. The molecule has 0 unspecified atom stereocenters. The van der Waals surface area contributed by atoms with E-state index < -0.39 is 0 Å². The fraction of sp³-hybridized carbons (Fsp3) is 0.111. The molecule has 0 bridgehead atoms. The van der Waals surface area contributed by atoms with E-state index in [-0.39, 0.29) is 0 Å². The number of rotatable bonds is 2. The van der Waals surface area contributed by atoms with E-state index >= 15 is 0 Å². The number of H-pyrrole nitrogens is 1. The molecule has 2 heterocycles. The van der Waals surface area contributed by atoms with E-state index in [0.717, 1.165) is 17.0 Å². The van der Waals surface area contributed by atoms with Crippen molar-refractivity contribution in [1.82, 2.24) is 9.97 Å². The van der Waals surface area contributed by atoms with E-state index in [0.29, 0.717) is 15.7 Å². The number of hydrogen-bond donors (Lipinski definition) is 1. The largest absolute Gasteiger partial charge is 0.339 e. The molecule has 2 aromatic rings. The summed E-state index contributed by atoms with van der Waals surface area (Å²) >= 11 is 7.21. The van der Waals surface area contributed by atoms with E-state index in [4.69, 9.17) is 11.6 Å². The van der Waals surface area contributed by atoms with Crippen LogP contribution in [-0.2, 0) is 0 Å². The Kier molecular flexibility index (Phi) is 2.39. The van der Waals surface area contributed by atoms with Crippen molar-refractivity contribution in [1.29, 1.82) is 0 Å². The fourth-order valence-electron chi connectivity index (χ4n) is 1.22. The summed E-state index contributed by atoms with van der Waals surface area (Å²) < 4.78 is 0.692. The number of aromatic amines is 1. The summed E-state index contributed by atoms with van der Waals surface area (Å²) in [7, 11) is 0. The molecule has 0 saturated carbocycles. The minimum absolute atomic E-state index is 0.501. The molecule has 1 N–H and O–H groups in total. The number of halogens is 1. The van der Waals surface area contributed by atoms with Gasteiger partial charge in [0, 0.05) is 0 Å². The Balaban J connectivity index is 2.55. The monoisotopic (exact) mass is 226 g/mol. The number of aryl methyl sites for hydroxylation is 1. The fourth-order valence-corrected chi connectivity index (χ4v) is 2.27. The number of nitrogens with zero attached hydrogens (tertiary/aromatic N) is 1. The lowest BCUT2D eigenvalue weighted by atomic mass is 10.3. The highest BCUT2D eigenvalue weighted by Gasteiger charge is 2.11. The van der Waals surface area contributed by atoms with Gasteiger partial charge in [0.15, 0.2) is 6.29 Å². The van der Waals surface area contributed by atoms with Gasteiger partial charge in [-0.1, -0.05) is 11.6 Å². The first-order chi connectivity index (χ1) is 6.70. The standard InChI is InChI=1S/C9H7ClN2OS/c1-5-11-6(4-13)9(12-5)7-2-3-8(10)14-7/h2-4H,1H3,(H,11,12). The molecule has 0 aromatic carbocycles. The molecular formula is C9H7ClN2OS. The maximum atomic E-state index is 10.7. The highest BCUT2D eigenvalue weighted by Crippen LogP contribution is 2.31. The van der Waals surface area contributed by atoms with Crippen LogP contribution in [0.3, 0.4) is 0 Å². The number of nitrogens with one attached hydrogen (secondary N) is 1. The first-order valence-corrected chi connectivity index (χ1v) is 5.17. The Bertz CT molecular complexity index is 475. The molecule has 0 saturated heterocycles. The summed E-state index contributed by atoms with van der Waals surface area (Å²) in [5.74, 6) is 0.728. The summed E-state index contributed by atoms with van der Waals surface area (Å²) in [5.41, 5.74) is 1.18. The zero-order chi connectivity index (χ0) is 10.1. The van der Waals surface area contributed by atoms with Gasteiger partial charge in [0.05, 0.1) is 9.21 Å². The molecule has 0 aliphatic rings. The average molecular weight is 227 g/mol. The van der Waals surface area contributed by atoms with Crippen molar-refractivity contribution in [3.63, 3.8) is 0 Å². The molecule has 0 fully saturated rings. The Morgan fingerprint density at radius 1 is 1.57 bits per heavy atom. The smallest absolute Gasteiger partial charge is 0.168 e. The lowest BCUT2D eigenvalue weighted by Gasteiger charge is -1.89. The maximum absolute atomic E-state index is 10.7. The number of imidazole rings is 1. The van der Waals surface area contributed by atoms with Crippen LogP contribution in [0.15, 0.2) is 12.1 Å². The van der Waals surface area contributed by atoms with Crippen molar-refractivity contribution in [2.45, 2.75) is 6.92 Å². The number of aldehydes is 1. The summed E-state index contributed by atoms with van der Waals surface area (Å²) in [5, 5.41) is 0. The van der Waals surface area contributed by atoms with Gasteiger partial charge in [-0.05, 0) is 19.1 Å². The van der Waals surface area contributed by atoms with Gasteiger partial charge in [-0.15, -0.1) is 11.3 Å². The van der Waals surface area contributed by atoms with Crippen LogP contribution in [0.2, 0.25) is 4.34 Å². The molecule has 72 valence electrons. The van der Waals surface area contributed by atoms with Gasteiger partial charge in [0.2, 0.25) is 0 Å². The van der Waals surface area contributed by atoms with Crippen LogP contribution in [0.5, 0.6) is 0 Å². The molecule has 2 rings (SSSR count). The van der Waals surface area contributed by atoms with Crippen LogP contribution in [-0.4, -0.2) is 16.3 Å². The van der Waals surface area contributed by atoms with E-state index in [2.05, 4.69) is 9.97 Å². The Morgan fingerprint density at radius 2 is 2.36 bits per heavy atom. The molecule has 14 heavy (non-hydrogen) atoms. The lowest BCUT2D eigenvalue weighted by molar-refractivity contribution is 0.112. The van der Waals surface area contributed by atoms with E-state index in [1.54, 1.807) is 6.07 Å². The molecule has 0 aliphatic heterocycles. The summed E-state index contributed by atoms with van der Waals surface area (Å²) in [6.07, 6.45) is 0.767. The Morgan fingerprint density at radius 3 is 2.93 bits per heavy atom. The van der Waals surface area contributed by atoms with Crippen molar-refractivity contribution in [2.24, 2.45) is 0 Å². The van der Waals surface area contributed by atoms with Crippen LogP contribution in [0, 0.1) is 6.92 Å². The number of aromatic nitrogens is 2. The van der Waals surface area contributed by atoms with Gasteiger partial charge in [-0.25, -0.2) is 4.98 Å². The number of thiophene rings is 1. The van der Waals surface area contributed by atoms with E-state index in [1.807, 2.05) is 13.0 Å². The molecule has 0 atom stereocenters. The summed E-state index contributed by atoms with van der Waals surface area (Å²) in [6, 6.07) is 3.65. The van der Waals surface area contributed by atoms with Crippen molar-refractivity contribution in [3.8, 4) is 10.6 Å². The molecule has 0 aliphatic carbocycles. The molecule has 3 nitrogen and oxygen atoms in total. The van der Waals surface area contributed by atoms with Gasteiger partial charge in [-0.2, -0.15) is 0 Å². The zero-order valence-corrected chi connectivity index (χ0v) is 8.95. The molecular weight excluding hydrogens is 220 g/mol. The van der Waals surface area contributed by atoms with E-state index in [1.165, 1.54) is 11.3 Å². The van der Waals surface area contributed by atoms with Crippen LogP contribution in [0.25, 0.3) is 10.6 Å². The van der Waals surface area contributed by atoms with Gasteiger partial charge in [0.1, 0.15) is 17.2 Å². The lowest BCUT2D eigenvalue weighted by Crippen LogP contribution is -1.82. The normalized spacial score (nSPS) is 10.4. The van der Waals surface area contributed by atoms with Crippen molar-refractivity contribution in [3.05, 3.63) is 28.0 Å². The van der Waals surface area contributed by atoms with E-state index in [9.17, 15) is 4.79 Å². The second-order valence-electron chi connectivity index (χ2n) is 2.81. The third-order valence-electron chi connectivity index (χ3n) is 1.77. The first-order valence-electron chi connectivity index (χ1n) is 3.98. The molecule has 0 amide bonds. The van der Waals surface area contributed by atoms with Crippen molar-refractivity contribution >= 4 is 29.2 Å². The van der Waals surface area contributed by atoms with Gasteiger partial charge in [-0.3, -0.25) is 4.79 Å². The van der Waals surface area contributed by atoms with Gasteiger partial charge in [0.25, 0.3) is 0 Å². The van der Waals surface area contributed by atoms with Gasteiger partial charge < -0.3 is 4.98 Å². The second-order valence-corrected chi connectivity index (χ2v) is 4.52. The quantitative estimate of drug-likeness (QED) is 0.801. The topological polar surface area (TPSA) is 45.8 Å². The minimum atomic E-state index is 0.501. The molecule has 2 aromatic heterocycles. The Hall–Kier alpha value is -1.13. The van der Waals surface area contributed by atoms with Crippen LogP contribution in [0.4, 0.5) is 0 Å². The molecule has 0 radical (unpaired) electrons. The van der Waals surface area contributed by atoms with Crippen LogP contribution >= 0.6 is 22.9 Å². The zero-order valence-electron chi connectivity index (χ0n) is 7.37. The number of hydrogen-bond acceptors (Lipinski definition) is 3. The molecule has 0 spiro atoms. The Labute approximate surface area is 89.8 Å². The predicted molar refractivity (Wildman–Crippen MR) is 57.0 cm³/mol. The highest BCUT2D eigenvalue weighted by molar-refractivity contribution is 7.19. The van der Waals surface area contributed by atoms with Crippen molar-refractivity contribution < 1.29 is 4.79 Å². The van der Waals surface area contributed by atoms with Crippen LogP contribution in [0.1, 0.15) is 16.3 Å².